The van der Waals surface area contributed by atoms with Crippen LogP contribution in [0.1, 0.15) is 0 Å². The van der Waals surface area contributed by atoms with Crippen LogP contribution < -0.4 is 26.3 Å². The smallest absolute Gasteiger partial charge is 0.490 e. The molecular formula is C28H26F9N5O8. The van der Waals surface area contributed by atoms with E-state index in [4.69, 9.17) is 50.6 Å². The monoisotopic (exact) mass is 731 g/mol. The van der Waals surface area contributed by atoms with Crippen molar-refractivity contribution in [2.24, 2.45) is 0 Å². The number of carboxylic acids is 3. The fourth-order valence-corrected chi connectivity index (χ4v) is 3.13. The average Bonchev–Trinajstić information content (AvgIpc) is 2.99. The van der Waals surface area contributed by atoms with Gasteiger partial charge in [0.15, 0.2) is 0 Å². The van der Waals surface area contributed by atoms with E-state index in [0.29, 0.717) is 37.9 Å². The lowest BCUT2D eigenvalue weighted by molar-refractivity contribution is -0.193. The number of pyridine rings is 2. The summed E-state index contributed by atoms with van der Waals surface area (Å²) < 4.78 is 107. The highest BCUT2D eigenvalue weighted by Crippen LogP contribution is 2.26. The van der Waals surface area contributed by atoms with Crippen molar-refractivity contribution in [3.05, 3.63) is 60.7 Å². The number of anilines is 2. The Hall–Kier alpha value is -5.80. The summed E-state index contributed by atoms with van der Waals surface area (Å²) in [5, 5.41) is 26.6. The molecule has 0 aliphatic heterocycles. The first kappa shape index (κ1) is 42.2. The highest BCUT2D eigenvalue weighted by molar-refractivity contribution is 5.87. The van der Waals surface area contributed by atoms with E-state index in [0.717, 1.165) is 33.3 Å². The first-order chi connectivity index (χ1) is 23.0. The van der Waals surface area contributed by atoms with Crippen molar-refractivity contribution in [1.29, 1.82) is 0 Å². The highest BCUT2D eigenvalue weighted by atomic mass is 19.4. The van der Waals surface area contributed by atoms with Crippen LogP contribution in [0.5, 0.6) is 11.5 Å². The molecule has 22 heteroatoms. The molecule has 0 spiro atoms. The number of aliphatic carboxylic acids is 3. The Morgan fingerprint density at radius 2 is 0.880 bits per heavy atom. The fourth-order valence-electron chi connectivity index (χ4n) is 3.13. The molecule has 50 heavy (non-hydrogen) atoms. The lowest BCUT2D eigenvalue weighted by Crippen LogP contribution is -2.26. The van der Waals surface area contributed by atoms with Gasteiger partial charge in [0.1, 0.15) is 36.3 Å². The number of nitrogens with one attached hydrogen (secondary N) is 1. The van der Waals surface area contributed by atoms with Gasteiger partial charge in [-0.15, -0.1) is 0 Å². The number of carbonyl (C=O) groups is 3. The third kappa shape index (κ3) is 15.4. The molecule has 0 aliphatic carbocycles. The number of nitrogens with two attached hydrogens (primary N) is 2. The van der Waals surface area contributed by atoms with Gasteiger partial charge in [-0.2, -0.15) is 39.5 Å². The Bertz CT molecular complexity index is 1590. The van der Waals surface area contributed by atoms with Crippen LogP contribution in [0.3, 0.4) is 0 Å². The number of ether oxygens (including phenoxy) is 2. The molecule has 0 saturated carbocycles. The summed E-state index contributed by atoms with van der Waals surface area (Å²) in [6, 6.07) is 19.0. The van der Waals surface area contributed by atoms with Gasteiger partial charge in [0, 0.05) is 23.9 Å². The molecule has 2 aromatic heterocycles. The second kappa shape index (κ2) is 18.7. The maximum atomic E-state index is 10.6. The number of aromatic nitrogens is 2. The van der Waals surface area contributed by atoms with Gasteiger partial charge >= 0.3 is 36.4 Å². The van der Waals surface area contributed by atoms with E-state index in [1.165, 1.54) is 0 Å². The summed E-state index contributed by atoms with van der Waals surface area (Å²) in [5.41, 5.74) is 13.1. The molecule has 4 aromatic rings. The van der Waals surface area contributed by atoms with Crippen LogP contribution in [0.4, 0.5) is 51.1 Å². The zero-order valence-electron chi connectivity index (χ0n) is 24.9. The van der Waals surface area contributed by atoms with E-state index in [1.54, 1.807) is 12.1 Å². The Morgan fingerprint density at radius 1 is 0.580 bits per heavy atom. The molecule has 8 N–H and O–H groups in total. The molecule has 0 unspecified atom stereocenters. The molecule has 0 aliphatic rings. The predicted molar refractivity (Wildman–Crippen MR) is 157 cm³/mol. The van der Waals surface area contributed by atoms with Crippen LogP contribution in [-0.2, 0) is 14.4 Å². The number of alkyl halides is 9. The summed E-state index contributed by atoms with van der Waals surface area (Å²) in [5.74, 6) is -5.66. The Kier molecular flexibility index (Phi) is 15.8. The van der Waals surface area contributed by atoms with Gasteiger partial charge in [-0.05, 0) is 48.5 Å². The van der Waals surface area contributed by atoms with Crippen LogP contribution in [0, 0.1) is 0 Å². The van der Waals surface area contributed by atoms with E-state index in [9.17, 15) is 39.5 Å². The van der Waals surface area contributed by atoms with Gasteiger partial charge in [0.25, 0.3) is 0 Å². The van der Waals surface area contributed by atoms with Crippen molar-refractivity contribution < 1.29 is 78.7 Å². The molecule has 0 fully saturated rings. The Labute approximate surface area is 274 Å². The molecule has 13 nitrogen and oxygen atoms in total. The topological polar surface area (TPSA) is 220 Å². The number of nitrogens with zero attached hydrogens (tertiary/aromatic N) is 2. The van der Waals surface area contributed by atoms with E-state index in [1.807, 2.05) is 48.5 Å². The second-order valence-electron chi connectivity index (χ2n) is 8.97. The van der Waals surface area contributed by atoms with Gasteiger partial charge in [0.2, 0.25) is 0 Å². The van der Waals surface area contributed by atoms with Crippen molar-refractivity contribution in [3.63, 3.8) is 0 Å². The number of hydrogen-bond acceptors (Lipinski definition) is 10. The van der Waals surface area contributed by atoms with Crippen molar-refractivity contribution in [3.8, 4) is 11.5 Å². The van der Waals surface area contributed by atoms with Gasteiger partial charge < -0.3 is 41.6 Å². The molecule has 2 heterocycles. The Morgan fingerprint density at radius 3 is 1.16 bits per heavy atom. The first-order valence-electron chi connectivity index (χ1n) is 13.2. The number of carboxylic acid groups (broad SMARTS) is 3. The SMILES string of the molecule is Nc1ccc2c(OCCNCCOc3cccc4nc(N)ccc34)cccc2n1.O=C(O)C(F)(F)F.O=C(O)C(F)(F)F.O=C(O)C(F)(F)F. The van der Waals surface area contributed by atoms with Crippen molar-refractivity contribution >= 4 is 51.3 Å². The van der Waals surface area contributed by atoms with E-state index in [2.05, 4.69) is 15.3 Å². The first-order valence-corrected chi connectivity index (χ1v) is 13.2. The summed E-state index contributed by atoms with van der Waals surface area (Å²) >= 11 is 0. The van der Waals surface area contributed by atoms with Gasteiger partial charge in [-0.1, -0.05) is 12.1 Å². The molecule has 4 rings (SSSR count). The van der Waals surface area contributed by atoms with Crippen molar-refractivity contribution in [2.75, 3.05) is 37.8 Å². The summed E-state index contributed by atoms with van der Waals surface area (Å²) in [4.78, 5) is 35.3. The molecule has 274 valence electrons. The van der Waals surface area contributed by atoms with Crippen LogP contribution in [0.15, 0.2) is 60.7 Å². The van der Waals surface area contributed by atoms with Crippen LogP contribution in [0.25, 0.3) is 21.8 Å². The quantitative estimate of drug-likeness (QED) is 0.105. The summed E-state index contributed by atoms with van der Waals surface area (Å²) in [6.45, 7) is 2.49. The zero-order valence-corrected chi connectivity index (χ0v) is 24.9. The van der Waals surface area contributed by atoms with Crippen LogP contribution in [0.2, 0.25) is 0 Å². The van der Waals surface area contributed by atoms with Crippen molar-refractivity contribution in [2.45, 2.75) is 18.5 Å². The minimum Gasteiger partial charge on any atom is -0.492 e. The van der Waals surface area contributed by atoms with E-state index in [-0.39, 0.29) is 0 Å². The molecule has 0 saturated heterocycles. The summed E-state index contributed by atoms with van der Waals surface area (Å²) in [6.07, 6.45) is -15.3. The minimum atomic E-state index is -5.08. The maximum Gasteiger partial charge on any atom is 0.490 e. The number of rotatable bonds is 8. The fraction of sp³-hybridized carbons (Fsp3) is 0.250. The second-order valence-corrected chi connectivity index (χ2v) is 8.97. The third-order valence-electron chi connectivity index (χ3n) is 5.23. The van der Waals surface area contributed by atoms with Gasteiger partial charge in [-0.3, -0.25) is 0 Å². The van der Waals surface area contributed by atoms with E-state index < -0.39 is 36.4 Å². The number of halogens is 9. The average molecular weight is 732 g/mol. The third-order valence-corrected chi connectivity index (χ3v) is 5.23. The molecule has 2 aromatic carbocycles. The van der Waals surface area contributed by atoms with Gasteiger partial charge in [-0.25, -0.2) is 24.4 Å². The molecule has 0 atom stereocenters. The lowest BCUT2D eigenvalue weighted by atomic mass is 10.2. The molecular weight excluding hydrogens is 705 g/mol. The standard InChI is InChI=1S/C22H23N5O2.3C2HF3O2/c23-21-9-7-15-17(26-21)3-1-5-19(15)28-13-11-25-12-14-29-20-6-2-4-18-16(20)8-10-22(24)27-18;3*3-2(4,5)1(6)7/h1-10,25H,11-14H2,(H2,23,26)(H2,24,27);3*(H,6,7). The van der Waals surface area contributed by atoms with Crippen molar-refractivity contribution in [1.82, 2.24) is 15.3 Å². The predicted octanol–water partition coefficient (Wildman–Crippen LogP) is 4.89. The number of hydrogen-bond donors (Lipinski definition) is 6. The lowest BCUT2D eigenvalue weighted by Gasteiger charge is -2.11. The van der Waals surface area contributed by atoms with Crippen LogP contribution >= 0.6 is 0 Å². The number of benzene rings is 2. The summed E-state index contributed by atoms with van der Waals surface area (Å²) in [7, 11) is 0. The maximum absolute atomic E-state index is 10.6. The highest BCUT2D eigenvalue weighted by Gasteiger charge is 2.39. The van der Waals surface area contributed by atoms with E-state index >= 15 is 0 Å². The Balaban J connectivity index is 0.000000486. The molecule has 0 radical (unpaired) electrons. The molecule has 0 bridgehead atoms. The number of fused-ring (bicyclic) bond motifs is 2. The largest absolute Gasteiger partial charge is 0.492 e. The zero-order chi connectivity index (χ0) is 38.3. The normalized spacial score (nSPS) is 11.1. The molecule has 0 amide bonds. The van der Waals surface area contributed by atoms with Gasteiger partial charge in [0.05, 0.1) is 11.0 Å². The van der Waals surface area contributed by atoms with Crippen LogP contribution in [-0.4, -0.2) is 88.0 Å². The minimum absolute atomic E-state index is 0.502. The number of nitrogen functional groups attached to an aromatic ring is 2.